The lowest BCUT2D eigenvalue weighted by atomic mass is 10.2. The van der Waals surface area contributed by atoms with Crippen molar-refractivity contribution < 1.29 is 9.59 Å². The van der Waals surface area contributed by atoms with Crippen LogP contribution in [-0.4, -0.2) is 34.8 Å². The smallest absolute Gasteiger partial charge is 0.231 e. The van der Waals surface area contributed by atoms with Gasteiger partial charge in [-0.05, 0) is 6.92 Å². The number of hydrogen-bond donors (Lipinski definition) is 1. The second-order valence-corrected chi connectivity index (χ2v) is 4.70. The van der Waals surface area contributed by atoms with Crippen LogP contribution in [0.1, 0.15) is 13.3 Å². The average molecular weight is 225 g/mol. The number of allylic oxidation sites excluding steroid dienone is 1. The molecule has 0 spiro atoms. The molecule has 6 heteroatoms. The number of aldehydes is 1. The summed E-state index contributed by atoms with van der Waals surface area (Å²) < 4.78 is 0. The first kappa shape index (κ1) is 10.2. The van der Waals surface area contributed by atoms with Crippen LogP contribution in [0.5, 0.6) is 0 Å². The first-order valence-electron chi connectivity index (χ1n) is 4.57. The second kappa shape index (κ2) is 3.69. The summed E-state index contributed by atoms with van der Waals surface area (Å²) in [6, 6.07) is 0. The number of carbonyl (C=O) groups excluding carboxylic acids is 2. The predicted octanol–water partition coefficient (Wildman–Crippen LogP) is 0.0792. The zero-order valence-electron chi connectivity index (χ0n) is 8.27. The lowest BCUT2D eigenvalue weighted by Gasteiger charge is -2.33. The Kier molecular flexibility index (Phi) is 2.52. The summed E-state index contributed by atoms with van der Waals surface area (Å²) in [5.41, 5.74) is 5.88. The highest BCUT2D eigenvalue weighted by molar-refractivity contribution is 8.04. The molecule has 0 unspecified atom stereocenters. The Morgan fingerprint density at radius 2 is 2.53 bits per heavy atom. The van der Waals surface area contributed by atoms with Gasteiger partial charge in [0.15, 0.2) is 6.29 Å². The van der Waals surface area contributed by atoms with E-state index in [4.69, 9.17) is 5.73 Å². The van der Waals surface area contributed by atoms with Gasteiger partial charge in [0.1, 0.15) is 0 Å². The van der Waals surface area contributed by atoms with Gasteiger partial charge in [-0.25, -0.2) is 0 Å². The van der Waals surface area contributed by atoms with Crippen LogP contribution in [0.15, 0.2) is 15.6 Å². The molecule has 2 rings (SSSR count). The van der Waals surface area contributed by atoms with Crippen molar-refractivity contribution in [3.63, 3.8) is 0 Å². The number of amides is 1. The number of fused-ring (bicyclic) bond motifs is 1. The van der Waals surface area contributed by atoms with E-state index in [9.17, 15) is 9.59 Å². The number of nitrogens with zero attached hydrogens (tertiary/aromatic N) is 2. The number of amidine groups is 1. The summed E-state index contributed by atoms with van der Waals surface area (Å²) in [7, 11) is 0. The van der Waals surface area contributed by atoms with E-state index in [0.29, 0.717) is 24.5 Å². The van der Waals surface area contributed by atoms with Gasteiger partial charge in [0, 0.05) is 4.91 Å². The number of rotatable bonds is 3. The average Bonchev–Trinajstić information content (AvgIpc) is 2.46. The van der Waals surface area contributed by atoms with Crippen LogP contribution in [0.2, 0.25) is 0 Å². The molecule has 0 bridgehead atoms. The Labute approximate surface area is 91.4 Å². The molecule has 0 aromatic heterocycles. The number of aliphatic imine (C=N–C) groups is 1. The van der Waals surface area contributed by atoms with E-state index < -0.39 is 0 Å². The molecule has 0 radical (unpaired) electrons. The van der Waals surface area contributed by atoms with Crippen LogP contribution in [0.3, 0.4) is 0 Å². The van der Waals surface area contributed by atoms with E-state index in [-0.39, 0.29) is 11.3 Å². The van der Waals surface area contributed by atoms with Gasteiger partial charge in [-0.15, -0.1) is 11.8 Å². The third-order valence-electron chi connectivity index (χ3n) is 2.31. The van der Waals surface area contributed by atoms with Crippen LogP contribution in [-0.2, 0) is 9.59 Å². The standard InChI is InChI=1S/C9H11N3O2S/c1-5(10)11-3-7-6(4-13)12-8(14)2-9(12)15-7/h4,9H,2-3H2,1H3,(H2,10,11)/t9-/m1/s1. The molecule has 1 saturated heterocycles. The maximum Gasteiger partial charge on any atom is 0.231 e. The molecule has 2 N–H and O–H groups in total. The Balaban J connectivity index is 2.18. The minimum atomic E-state index is 0.0121. The van der Waals surface area contributed by atoms with E-state index in [1.165, 1.54) is 16.7 Å². The maximum absolute atomic E-state index is 11.2. The molecule has 1 fully saturated rings. The van der Waals surface area contributed by atoms with E-state index in [1.807, 2.05) is 0 Å². The van der Waals surface area contributed by atoms with Gasteiger partial charge in [0.25, 0.3) is 0 Å². The quantitative estimate of drug-likeness (QED) is 0.319. The van der Waals surface area contributed by atoms with Gasteiger partial charge < -0.3 is 5.73 Å². The van der Waals surface area contributed by atoms with Crippen molar-refractivity contribution in [3.05, 3.63) is 10.6 Å². The first-order chi connectivity index (χ1) is 7.13. The van der Waals surface area contributed by atoms with Crippen LogP contribution in [0.4, 0.5) is 0 Å². The molecule has 0 aromatic rings. The zero-order chi connectivity index (χ0) is 11.0. The number of thioether (sulfide) groups is 1. The van der Waals surface area contributed by atoms with Gasteiger partial charge >= 0.3 is 0 Å². The fourth-order valence-electron chi connectivity index (χ4n) is 1.57. The monoisotopic (exact) mass is 225 g/mol. The second-order valence-electron chi connectivity index (χ2n) is 3.42. The van der Waals surface area contributed by atoms with Gasteiger partial charge in [-0.1, -0.05) is 0 Å². The van der Waals surface area contributed by atoms with Crippen LogP contribution < -0.4 is 5.73 Å². The third-order valence-corrected chi connectivity index (χ3v) is 3.59. The molecule has 2 aliphatic rings. The van der Waals surface area contributed by atoms with E-state index >= 15 is 0 Å². The minimum absolute atomic E-state index is 0.0121. The van der Waals surface area contributed by atoms with Crippen molar-refractivity contribution in [2.24, 2.45) is 10.7 Å². The number of hydrogen-bond acceptors (Lipinski definition) is 4. The lowest BCUT2D eigenvalue weighted by Crippen LogP contribution is -2.47. The molecule has 0 saturated carbocycles. The molecule has 0 aliphatic carbocycles. The summed E-state index contributed by atoms with van der Waals surface area (Å²) in [4.78, 5) is 28.5. The van der Waals surface area contributed by atoms with E-state index in [2.05, 4.69) is 4.99 Å². The van der Waals surface area contributed by atoms with Gasteiger partial charge in [0.2, 0.25) is 5.91 Å². The molecule has 2 heterocycles. The normalized spacial score (nSPS) is 25.4. The third kappa shape index (κ3) is 1.65. The Morgan fingerprint density at radius 3 is 3.07 bits per heavy atom. The van der Waals surface area contributed by atoms with Crippen molar-refractivity contribution in [1.29, 1.82) is 0 Å². The van der Waals surface area contributed by atoms with Crippen molar-refractivity contribution >= 4 is 29.8 Å². The molecule has 1 amide bonds. The highest BCUT2D eigenvalue weighted by Crippen LogP contribution is 2.45. The number of carbonyl (C=O) groups is 2. The molecule has 80 valence electrons. The SMILES string of the molecule is CC(N)=NCC1=C(C=O)N2C(=O)C[C@H]2S1. The van der Waals surface area contributed by atoms with E-state index in [1.54, 1.807) is 6.92 Å². The summed E-state index contributed by atoms with van der Waals surface area (Å²) >= 11 is 1.53. The molecule has 1 atom stereocenters. The number of nitrogens with two attached hydrogens (primary N) is 1. The van der Waals surface area contributed by atoms with Gasteiger partial charge in [-0.2, -0.15) is 0 Å². The highest BCUT2D eigenvalue weighted by atomic mass is 32.2. The Hall–Kier alpha value is -1.30. The molecular weight excluding hydrogens is 214 g/mol. The molecule has 2 aliphatic heterocycles. The molecule has 15 heavy (non-hydrogen) atoms. The topological polar surface area (TPSA) is 75.8 Å². The van der Waals surface area contributed by atoms with Crippen molar-refractivity contribution in [3.8, 4) is 0 Å². The van der Waals surface area contributed by atoms with Gasteiger partial charge in [-0.3, -0.25) is 19.5 Å². The molecule has 5 nitrogen and oxygen atoms in total. The molecule has 0 aromatic carbocycles. The van der Waals surface area contributed by atoms with Crippen LogP contribution >= 0.6 is 11.8 Å². The first-order valence-corrected chi connectivity index (χ1v) is 5.45. The highest BCUT2D eigenvalue weighted by Gasteiger charge is 2.45. The summed E-state index contributed by atoms with van der Waals surface area (Å²) in [6.45, 7) is 2.09. The summed E-state index contributed by atoms with van der Waals surface area (Å²) in [5.74, 6) is 0.493. The van der Waals surface area contributed by atoms with Crippen molar-refractivity contribution in [1.82, 2.24) is 4.90 Å². The maximum atomic E-state index is 11.2. The fourth-order valence-corrected chi connectivity index (χ4v) is 2.86. The van der Waals surface area contributed by atoms with Crippen molar-refractivity contribution in [2.75, 3.05) is 6.54 Å². The predicted molar refractivity (Wildman–Crippen MR) is 58.1 cm³/mol. The lowest BCUT2D eigenvalue weighted by molar-refractivity contribution is -0.139. The largest absolute Gasteiger partial charge is 0.388 e. The fraction of sp³-hybridized carbons (Fsp3) is 0.444. The number of β-lactam (4-membered cyclic amide) rings is 1. The van der Waals surface area contributed by atoms with Crippen LogP contribution in [0, 0.1) is 0 Å². The van der Waals surface area contributed by atoms with Crippen molar-refractivity contribution in [2.45, 2.75) is 18.7 Å². The zero-order valence-corrected chi connectivity index (χ0v) is 9.08. The summed E-state index contributed by atoms with van der Waals surface area (Å²) in [6.07, 6.45) is 1.23. The Bertz CT molecular complexity index is 385. The minimum Gasteiger partial charge on any atom is -0.388 e. The van der Waals surface area contributed by atoms with Crippen LogP contribution in [0.25, 0.3) is 0 Å². The van der Waals surface area contributed by atoms with E-state index in [0.717, 1.165) is 11.2 Å². The molecular formula is C9H11N3O2S. The Morgan fingerprint density at radius 1 is 1.80 bits per heavy atom. The van der Waals surface area contributed by atoms with Gasteiger partial charge in [0.05, 0.1) is 29.9 Å². The summed E-state index contributed by atoms with van der Waals surface area (Å²) in [5, 5.41) is 0.112.